The number of carbonyl (C=O) groups excluding carboxylic acids is 1. The van der Waals surface area contributed by atoms with Gasteiger partial charge in [0.15, 0.2) is 0 Å². The molecule has 0 aromatic rings. The van der Waals surface area contributed by atoms with E-state index in [-0.39, 0.29) is 0 Å². The van der Waals surface area contributed by atoms with Gasteiger partial charge in [0.25, 0.3) is 0 Å². The van der Waals surface area contributed by atoms with Crippen LogP contribution in [0.3, 0.4) is 0 Å². The van der Waals surface area contributed by atoms with Crippen molar-refractivity contribution in [1.29, 1.82) is 0 Å². The lowest BCUT2D eigenvalue weighted by molar-refractivity contribution is -0.119. The zero-order valence-corrected chi connectivity index (χ0v) is 9.69. The van der Waals surface area contributed by atoms with Crippen molar-refractivity contribution in [1.82, 2.24) is 0 Å². The van der Waals surface area contributed by atoms with Crippen LogP contribution in [0.5, 0.6) is 0 Å². The van der Waals surface area contributed by atoms with E-state index in [2.05, 4.69) is 29.8 Å². The van der Waals surface area contributed by atoms with Crippen LogP contribution in [-0.2, 0) is 4.79 Å². The molecule has 0 amide bonds. The summed E-state index contributed by atoms with van der Waals surface area (Å²) in [6.45, 7) is 4.39. The molecule has 0 aromatic heterocycles. The minimum atomic E-state index is 0.426. The average Bonchev–Trinajstić information content (AvgIpc) is 2.00. The number of halogens is 1. The molecule has 0 aliphatic rings. The van der Waals surface area contributed by atoms with E-state index in [1.807, 2.05) is 0 Å². The average molecular weight is 235 g/mol. The van der Waals surface area contributed by atoms with Crippen molar-refractivity contribution in [3.8, 4) is 0 Å². The van der Waals surface area contributed by atoms with Crippen LogP contribution in [0.25, 0.3) is 0 Å². The number of rotatable bonds is 7. The third kappa shape index (κ3) is 8.25. The van der Waals surface area contributed by atoms with E-state index in [4.69, 9.17) is 0 Å². The van der Waals surface area contributed by atoms with E-state index in [1.54, 1.807) is 0 Å². The van der Waals surface area contributed by atoms with Crippen LogP contribution < -0.4 is 0 Å². The van der Waals surface area contributed by atoms with Crippen LogP contribution in [0.15, 0.2) is 0 Å². The van der Waals surface area contributed by atoms with Gasteiger partial charge >= 0.3 is 0 Å². The molecule has 0 radical (unpaired) electrons. The molecule has 0 atom stereocenters. The van der Waals surface area contributed by atoms with Gasteiger partial charge in [0.1, 0.15) is 5.78 Å². The van der Waals surface area contributed by atoms with Crippen LogP contribution in [0.2, 0.25) is 0 Å². The van der Waals surface area contributed by atoms with Crippen molar-refractivity contribution in [2.75, 3.05) is 5.33 Å². The Morgan fingerprint density at radius 3 is 2.33 bits per heavy atom. The normalized spacial score (nSPS) is 10.7. The van der Waals surface area contributed by atoms with Gasteiger partial charge in [-0.3, -0.25) is 4.79 Å². The summed E-state index contributed by atoms with van der Waals surface area (Å²) in [6, 6.07) is 0. The highest BCUT2D eigenvalue weighted by atomic mass is 79.9. The maximum Gasteiger partial charge on any atom is 0.132 e. The summed E-state index contributed by atoms with van der Waals surface area (Å²) in [7, 11) is 0. The van der Waals surface area contributed by atoms with E-state index in [9.17, 15) is 4.79 Å². The highest BCUT2D eigenvalue weighted by molar-refractivity contribution is 9.09. The number of Topliss-reactive ketones (excluding diaryl/α,β-unsaturated/α-hetero) is 1. The third-order valence-corrected chi connectivity index (χ3v) is 2.39. The quantitative estimate of drug-likeness (QED) is 0.616. The zero-order valence-electron chi connectivity index (χ0n) is 8.11. The topological polar surface area (TPSA) is 17.1 Å². The molecule has 0 fully saturated rings. The maximum atomic E-state index is 11.2. The fraction of sp³-hybridized carbons (Fsp3) is 0.900. The summed E-state index contributed by atoms with van der Waals surface area (Å²) >= 11 is 3.32. The Morgan fingerprint density at radius 2 is 1.83 bits per heavy atom. The van der Waals surface area contributed by atoms with Gasteiger partial charge in [-0.05, 0) is 18.8 Å². The lowest BCUT2D eigenvalue weighted by Gasteiger charge is -2.02. The molecule has 0 unspecified atom stereocenters. The molecule has 0 saturated heterocycles. The summed E-state index contributed by atoms with van der Waals surface area (Å²) in [5.41, 5.74) is 0. The Morgan fingerprint density at radius 1 is 1.25 bits per heavy atom. The second-order valence-electron chi connectivity index (χ2n) is 3.62. The predicted molar refractivity (Wildman–Crippen MR) is 56.7 cm³/mol. The standard InChI is InChI=1S/C10H19BrO/c1-9(2)5-3-6-10(12)7-4-8-11/h9H,3-8H2,1-2H3. The molecular weight excluding hydrogens is 216 g/mol. The van der Waals surface area contributed by atoms with Gasteiger partial charge in [-0.15, -0.1) is 0 Å². The van der Waals surface area contributed by atoms with Crippen LogP contribution in [0.4, 0.5) is 0 Å². The van der Waals surface area contributed by atoms with E-state index in [0.29, 0.717) is 5.78 Å². The van der Waals surface area contributed by atoms with Crippen molar-refractivity contribution in [3.05, 3.63) is 0 Å². The highest BCUT2D eigenvalue weighted by Gasteiger charge is 2.01. The Labute approximate surface area is 84.1 Å². The Bertz CT molecular complexity index is 121. The molecule has 72 valence electrons. The molecule has 0 aromatic carbocycles. The summed E-state index contributed by atoms with van der Waals surface area (Å²) < 4.78 is 0. The van der Waals surface area contributed by atoms with Crippen LogP contribution in [-0.4, -0.2) is 11.1 Å². The number of hydrogen-bond donors (Lipinski definition) is 0. The minimum absolute atomic E-state index is 0.426. The van der Waals surface area contributed by atoms with E-state index in [1.165, 1.54) is 6.42 Å². The lowest BCUT2D eigenvalue weighted by atomic mass is 10.0. The summed E-state index contributed by atoms with van der Waals surface area (Å²) in [5, 5.41) is 0.947. The summed E-state index contributed by atoms with van der Waals surface area (Å²) in [6.07, 6.45) is 4.77. The first kappa shape index (κ1) is 12.2. The molecule has 0 spiro atoms. The molecular formula is C10H19BrO. The van der Waals surface area contributed by atoms with Crippen LogP contribution in [0.1, 0.15) is 46.0 Å². The van der Waals surface area contributed by atoms with E-state index < -0.39 is 0 Å². The lowest BCUT2D eigenvalue weighted by Crippen LogP contribution is -1.99. The van der Waals surface area contributed by atoms with Gasteiger partial charge in [0, 0.05) is 18.2 Å². The molecule has 0 heterocycles. The highest BCUT2D eigenvalue weighted by Crippen LogP contribution is 2.08. The first-order chi connectivity index (χ1) is 5.66. The van der Waals surface area contributed by atoms with Crippen molar-refractivity contribution < 1.29 is 4.79 Å². The largest absolute Gasteiger partial charge is 0.300 e. The Hall–Kier alpha value is 0.150. The van der Waals surface area contributed by atoms with Crippen molar-refractivity contribution in [2.45, 2.75) is 46.0 Å². The molecule has 2 heteroatoms. The van der Waals surface area contributed by atoms with E-state index >= 15 is 0 Å². The SMILES string of the molecule is CC(C)CCCC(=O)CCCBr. The zero-order chi connectivity index (χ0) is 9.40. The predicted octanol–water partition coefficient (Wildman–Crippen LogP) is 3.56. The molecule has 0 rings (SSSR count). The van der Waals surface area contributed by atoms with Crippen molar-refractivity contribution in [3.63, 3.8) is 0 Å². The van der Waals surface area contributed by atoms with E-state index in [0.717, 1.165) is 36.9 Å². The molecule has 0 saturated carbocycles. The number of alkyl halides is 1. The van der Waals surface area contributed by atoms with Gasteiger partial charge < -0.3 is 0 Å². The van der Waals surface area contributed by atoms with Gasteiger partial charge in [-0.25, -0.2) is 0 Å². The summed E-state index contributed by atoms with van der Waals surface area (Å²) in [4.78, 5) is 11.2. The van der Waals surface area contributed by atoms with Gasteiger partial charge in [-0.1, -0.05) is 36.2 Å². The van der Waals surface area contributed by atoms with Crippen LogP contribution in [0, 0.1) is 5.92 Å². The fourth-order valence-electron chi connectivity index (χ4n) is 1.10. The molecule has 0 bridgehead atoms. The first-order valence-electron chi connectivity index (χ1n) is 4.74. The molecule has 0 aliphatic carbocycles. The number of hydrogen-bond acceptors (Lipinski definition) is 1. The Balaban J connectivity index is 3.20. The molecule has 0 N–H and O–H groups in total. The van der Waals surface area contributed by atoms with Gasteiger partial charge in [-0.2, -0.15) is 0 Å². The molecule has 0 aliphatic heterocycles. The summed E-state index contributed by atoms with van der Waals surface area (Å²) in [5.74, 6) is 1.16. The van der Waals surface area contributed by atoms with Gasteiger partial charge in [0.05, 0.1) is 0 Å². The third-order valence-electron chi connectivity index (χ3n) is 1.83. The number of ketones is 1. The Kier molecular flexibility index (Phi) is 7.88. The van der Waals surface area contributed by atoms with Crippen molar-refractivity contribution in [2.24, 2.45) is 5.92 Å². The minimum Gasteiger partial charge on any atom is -0.300 e. The monoisotopic (exact) mass is 234 g/mol. The number of carbonyl (C=O) groups is 1. The first-order valence-corrected chi connectivity index (χ1v) is 5.86. The second-order valence-corrected chi connectivity index (χ2v) is 4.41. The van der Waals surface area contributed by atoms with Crippen LogP contribution >= 0.6 is 15.9 Å². The van der Waals surface area contributed by atoms with Crippen molar-refractivity contribution >= 4 is 21.7 Å². The van der Waals surface area contributed by atoms with Gasteiger partial charge in [0.2, 0.25) is 0 Å². The second kappa shape index (κ2) is 7.78. The smallest absolute Gasteiger partial charge is 0.132 e. The molecule has 1 nitrogen and oxygen atoms in total. The fourth-order valence-corrected chi connectivity index (χ4v) is 1.38. The maximum absolute atomic E-state index is 11.2. The molecule has 12 heavy (non-hydrogen) atoms.